The number of carbonyl (C=O) groups excluding carboxylic acids is 3. The van der Waals surface area contributed by atoms with Crippen molar-refractivity contribution in [3.8, 4) is 0 Å². The van der Waals surface area contributed by atoms with Crippen molar-refractivity contribution in [2.75, 3.05) is 13.2 Å². The van der Waals surface area contributed by atoms with Crippen LogP contribution in [-0.2, 0) is 28.6 Å². The fraction of sp³-hybridized carbons (Fsp3) is 0.533. The summed E-state index contributed by atoms with van der Waals surface area (Å²) >= 11 is 0. The first-order chi connectivity index (χ1) is 40.0. The molecule has 0 spiro atoms. The number of allylic oxidation sites excluding steroid dienone is 32. The van der Waals surface area contributed by atoms with Crippen LogP contribution >= 0.6 is 0 Å². The lowest BCUT2D eigenvalue weighted by Crippen LogP contribution is -2.30. The Balaban J connectivity index is 4.34. The Bertz CT molecular complexity index is 1950. The van der Waals surface area contributed by atoms with Crippen LogP contribution in [0.5, 0.6) is 0 Å². The van der Waals surface area contributed by atoms with Crippen LogP contribution in [0.1, 0.15) is 239 Å². The topological polar surface area (TPSA) is 78.9 Å². The molecule has 6 nitrogen and oxygen atoms in total. The lowest BCUT2D eigenvalue weighted by molar-refractivity contribution is -0.167. The summed E-state index contributed by atoms with van der Waals surface area (Å²) in [7, 11) is 0. The highest BCUT2D eigenvalue weighted by Gasteiger charge is 2.19. The Labute approximate surface area is 497 Å². The van der Waals surface area contributed by atoms with Gasteiger partial charge in [-0.05, 0) is 161 Å². The van der Waals surface area contributed by atoms with Crippen molar-refractivity contribution in [2.45, 2.75) is 245 Å². The highest BCUT2D eigenvalue weighted by molar-refractivity contribution is 5.71. The van der Waals surface area contributed by atoms with Crippen LogP contribution in [0.4, 0.5) is 0 Å². The average molecular weight is 1110 g/mol. The maximum Gasteiger partial charge on any atom is 0.306 e. The second-order valence-electron chi connectivity index (χ2n) is 20.2. The van der Waals surface area contributed by atoms with Gasteiger partial charge in [0.25, 0.3) is 0 Å². The number of ether oxygens (including phenoxy) is 3. The van der Waals surface area contributed by atoms with E-state index in [9.17, 15) is 14.4 Å². The summed E-state index contributed by atoms with van der Waals surface area (Å²) in [5.74, 6) is -1.01. The van der Waals surface area contributed by atoms with Crippen molar-refractivity contribution < 1.29 is 28.6 Å². The third-order valence-corrected chi connectivity index (χ3v) is 12.6. The molecule has 1 atom stereocenters. The molecule has 0 aromatic rings. The lowest BCUT2D eigenvalue weighted by atomic mass is 10.1. The number of hydrogen-bond donors (Lipinski definition) is 0. The van der Waals surface area contributed by atoms with E-state index in [1.165, 1.54) is 19.3 Å². The molecule has 0 aliphatic rings. The van der Waals surface area contributed by atoms with E-state index in [1.807, 2.05) is 0 Å². The molecule has 0 N–H and O–H groups in total. The van der Waals surface area contributed by atoms with E-state index in [4.69, 9.17) is 14.2 Å². The van der Waals surface area contributed by atoms with Crippen LogP contribution in [0.3, 0.4) is 0 Å². The zero-order valence-electron chi connectivity index (χ0n) is 51.5. The van der Waals surface area contributed by atoms with E-state index in [1.54, 1.807) is 0 Å². The fourth-order valence-electron chi connectivity index (χ4n) is 7.91. The van der Waals surface area contributed by atoms with Gasteiger partial charge in [-0.2, -0.15) is 0 Å². The van der Waals surface area contributed by atoms with Crippen molar-refractivity contribution in [3.63, 3.8) is 0 Å². The van der Waals surface area contributed by atoms with Gasteiger partial charge in [-0.25, -0.2) is 0 Å². The van der Waals surface area contributed by atoms with Crippen molar-refractivity contribution in [3.05, 3.63) is 194 Å². The highest BCUT2D eigenvalue weighted by atomic mass is 16.6. The molecule has 450 valence electrons. The zero-order valence-corrected chi connectivity index (χ0v) is 51.5. The number of unbranched alkanes of at least 4 members (excludes halogenated alkanes) is 12. The normalized spacial score (nSPS) is 13.5. The van der Waals surface area contributed by atoms with E-state index in [0.717, 1.165) is 173 Å². The van der Waals surface area contributed by atoms with Gasteiger partial charge < -0.3 is 14.2 Å². The third kappa shape index (κ3) is 64.9. The molecule has 0 radical (unpaired) electrons. The quantitative estimate of drug-likeness (QED) is 0.0261. The molecule has 0 aromatic heterocycles. The van der Waals surface area contributed by atoms with Crippen molar-refractivity contribution in [1.82, 2.24) is 0 Å². The lowest BCUT2D eigenvalue weighted by Gasteiger charge is -2.18. The van der Waals surface area contributed by atoms with Gasteiger partial charge in [0.1, 0.15) is 13.2 Å². The van der Waals surface area contributed by atoms with Gasteiger partial charge >= 0.3 is 17.9 Å². The maximum absolute atomic E-state index is 12.9. The first-order valence-electron chi connectivity index (χ1n) is 31.9. The van der Waals surface area contributed by atoms with Gasteiger partial charge in [0, 0.05) is 19.3 Å². The van der Waals surface area contributed by atoms with E-state index in [-0.39, 0.29) is 37.5 Å². The highest BCUT2D eigenvalue weighted by Crippen LogP contribution is 2.13. The molecule has 0 fully saturated rings. The molecular formula is C75H114O6. The molecule has 0 saturated carbocycles. The third-order valence-electron chi connectivity index (χ3n) is 12.6. The average Bonchev–Trinajstić information content (AvgIpc) is 3.46. The van der Waals surface area contributed by atoms with Gasteiger partial charge in [0.05, 0.1) is 0 Å². The minimum atomic E-state index is -0.828. The Morgan fingerprint density at radius 2 is 0.444 bits per heavy atom. The summed E-state index contributed by atoms with van der Waals surface area (Å²) < 4.78 is 16.8. The molecule has 0 aliphatic carbocycles. The molecule has 0 aromatic carbocycles. The fourth-order valence-corrected chi connectivity index (χ4v) is 7.91. The molecule has 81 heavy (non-hydrogen) atoms. The second kappa shape index (κ2) is 66.8. The zero-order chi connectivity index (χ0) is 58.5. The van der Waals surface area contributed by atoms with E-state index < -0.39 is 6.10 Å². The molecule has 0 aliphatic heterocycles. The number of esters is 3. The van der Waals surface area contributed by atoms with Gasteiger partial charge in [-0.15, -0.1) is 0 Å². The molecule has 0 amide bonds. The van der Waals surface area contributed by atoms with Crippen LogP contribution in [0.25, 0.3) is 0 Å². The molecule has 0 heterocycles. The molecule has 0 bridgehead atoms. The first kappa shape index (κ1) is 75.2. The Morgan fingerprint density at radius 1 is 0.247 bits per heavy atom. The Kier molecular flexibility index (Phi) is 62.0. The minimum Gasteiger partial charge on any atom is -0.462 e. The summed E-state index contributed by atoms with van der Waals surface area (Å²) in [5.41, 5.74) is 0. The number of rotatable bonds is 55. The largest absolute Gasteiger partial charge is 0.462 e. The van der Waals surface area contributed by atoms with Crippen LogP contribution in [-0.4, -0.2) is 37.2 Å². The van der Waals surface area contributed by atoms with Gasteiger partial charge in [0.15, 0.2) is 6.10 Å². The monoisotopic (exact) mass is 1110 g/mol. The predicted octanol–water partition coefficient (Wildman–Crippen LogP) is 22.2. The second-order valence-corrected chi connectivity index (χ2v) is 20.2. The van der Waals surface area contributed by atoms with Gasteiger partial charge in [-0.1, -0.05) is 254 Å². The van der Waals surface area contributed by atoms with E-state index in [0.29, 0.717) is 19.3 Å². The minimum absolute atomic E-state index is 0.120. The molecule has 0 rings (SSSR count). The summed E-state index contributed by atoms with van der Waals surface area (Å²) in [6.45, 7) is 6.20. The van der Waals surface area contributed by atoms with Crippen LogP contribution in [0.15, 0.2) is 194 Å². The smallest absolute Gasteiger partial charge is 0.306 e. The van der Waals surface area contributed by atoms with Crippen LogP contribution < -0.4 is 0 Å². The van der Waals surface area contributed by atoms with Crippen LogP contribution in [0.2, 0.25) is 0 Å². The van der Waals surface area contributed by atoms with Crippen molar-refractivity contribution >= 4 is 17.9 Å². The SMILES string of the molecule is CC/C=C\C/C=C\C/C=C\C/C=C\C/C=C\C/C=C\C/C=C\C/C=C\C/C=C\CCCCCCCCCC(=O)OCC(COC(=O)CCCCC/C=C\C/C=C\C/C=C\CC)OC(=O)CCCC/C=C\C/C=C\C/C=C\C/C=C\CC. The standard InChI is InChI=1S/C75H114O6/c1-4-7-10-13-16-19-22-25-27-28-29-30-31-32-33-34-35-36-37-38-39-40-41-42-43-44-45-46-48-50-53-56-59-62-65-68-74(77)80-71-72(70-79-73(76)67-64-61-58-55-52-49-24-21-18-15-12-9-6-3)81-75(78)69-66-63-60-57-54-51-47-26-23-20-17-14-11-8-5-2/h7-12,16-21,25-27,29-30,32-33,35-36,38-39,41-42,44-45,47,49,52,54,57,72H,4-6,13-15,22-24,28,31,34,37,40,43,46,48,50-51,53,55-56,58-71H2,1-3H3/b10-7-,11-8-,12-9-,19-16-,20-17-,21-18-,27-25-,30-29-,33-32-,36-35-,39-38-,42-41-,45-44-,47-26-,52-49-,57-54-. The molecular weight excluding hydrogens is 997 g/mol. The number of carbonyl (C=O) groups is 3. The van der Waals surface area contributed by atoms with Crippen LogP contribution in [0, 0.1) is 0 Å². The van der Waals surface area contributed by atoms with Gasteiger partial charge in [-0.3, -0.25) is 14.4 Å². The van der Waals surface area contributed by atoms with Crippen molar-refractivity contribution in [1.29, 1.82) is 0 Å². The van der Waals surface area contributed by atoms with Crippen molar-refractivity contribution in [2.24, 2.45) is 0 Å². The van der Waals surface area contributed by atoms with E-state index >= 15 is 0 Å². The Morgan fingerprint density at radius 3 is 0.728 bits per heavy atom. The number of hydrogen-bond acceptors (Lipinski definition) is 6. The predicted molar refractivity (Wildman–Crippen MR) is 352 cm³/mol. The molecule has 0 saturated heterocycles. The maximum atomic E-state index is 12.9. The van der Waals surface area contributed by atoms with E-state index in [2.05, 4.69) is 215 Å². The molecule has 6 heteroatoms. The van der Waals surface area contributed by atoms with Gasteiger partial charge in [0.2, 0.25) is 0 Å². The summed E-state index contributed by atoms with van der Waals surface area (Å²) in [6, 6.07) is 0. The summed E-state index contributed by atoms with van der Waals surface area (Å²) in [4.78, 5) is 38.2. The summed E-state index contributed by atoms with van der Waals surface area (Å²) in [5, 5.41) is 0. The summed E-state index contributed by atoms with van der Waals surface area (Å²) in [6.07, 6.45) is 102. The Hall–Kier alpha value is -5.75. The first-order valence-corrected chi connectivity index (χ1v) is 31.9. The molecule has 1 unspecified atom stereocenters.